The number of anilines is 2. The van der Waals surface area contributed by atoms with Crippen molar-refractivity contribution in [2.75, 3.05) is 43.0 Å². The number of ether oxygens (including phenoxy) is 1. The number of rotatable bonds is 4. The Morgan fingerprint density at radius 2 is 1.67 bits per heavy atom. The molecule has 0 unspecified atom stereocenters. The Morgan fingerprint density at radius 3 is 2.48 bits per heavy atom. The van der Waals surface area contributed by atoms with Gasteiger partial charge >= 0.3 is 12.0 Å². The van der Waals surface area contributed by atoms with E-state index in [0.717, 1.165) is 22.4 Å². The van der Waals surface area contributed by atoms with Gasteiger partial charge in [-0.2, -0.15) is 0 Å². The van der Waals surface area contributed by atoms with Crippen molar-refractivity contribution in [3.8, 4) is 0 Å². The first-order valence-electron chi connectivity index (χ1n) is 11.1. The molecule has 3 heterocycles. The van der Waals surface area contributed by atoms with Crippen LogP contribution in [0.25, 0.3) is 16.6 Å². The number of aromatic nitrogens is 2. The Kier molecular flexibility index (Phi) is 5.56. The van der Waals surface area contributed by atoms with Crippen LogP contribution in [0.15, 0.2) is 66.9 Å². The summed E-state index contributed by atoms with van der Waals surface area (Å²) in [6.45, 7) is 4.47. The molecule has 1 fully saturated rings. The number of piperazine rings is 1. The first-order valence-corrected chi connectivity index (χ1v) is 11.1. The molecule has 2 aromatic heterocycles. The summed E-state index contributed by atoms with van der Waals surface area (Å²) in [6, 6.07) is 18.8. The molecule has 5 rings (SSSR count). The third kappa shape index (κ3) is 3.95. The number of nitrogens with one attached hydrogen (secondary N) is 1. The van der Waals surface area contributed by atoms with Gasteiger partial charge in [0.05, 0.1) is 34.4 Å². The predicted molar refractivity (Wildman–Crippen MR) is 128 cm³/mol. The van der Waals surface area contributed by atoms with E-state index in [1.54, 1.807) is 36.1 Å². The molecule has 4 aromatic rings. The average Bonchev–Trinajstić information content (AvgIpc) is 3.34. The number of carbonyl (C=O) groups is 2. The Hall–Kier alpha value is -4.07. The minimum atomic E-state index is -0.447. The third-order valence-electron chi connectivity index (χ3n) is 5.88. The van der Waals surface area contributed by atoms with Crippen LogP contribution in [0.2, 0.25) is 0 Å². The van der Waals surface area contributed by atoms with Crippen molar-refractivity contribution in [2.45, 2.75) is 6.92 Å². The highest BCUT2D eigenvalue weighted by Gasteiger charge is 2.25. The number of esters is 1. The van der Waals surface area contributed by atoms with E-state index < -0.39 is 5.97 Å². The minimum absolute atomic E-state index is 0.231. The van der Waals surface area contributed by atoms with E-state index in [4.69, 9.17) is 9.72 Å². The van der Waals surface area contributed by atoms with Crippen LogP contribution in [0.3, 0.4) is 0 Å². The van der Waals surface area contributed by atoms with Crippen molar-refractivity contribution in [1.29, 1.82) is 0 Å². The average molecular weight is 444 g/mol. The lowest BCUT2D eigenvalue weighted by Gasteiger charge is -2.35. The number of benzene rings is 2. The van der Waals surface area contributed by atoms with Crippen LogP contribution in [0.5, 0.6) is 0 Å². The number of hydrogen-bond donors (Lipinski definition) is 1. The maximum atomic E-state index is 12.9. The monoisotopic (exact) mass is 443 g/mol. The zero-order chi connectivity index (χ0) is 22.8. The lowest BCUT2D eigenvalue weighted by Crippen LogP contribution is -2.50. The highest BCUT2D eigenvalue weighted by atomic mass is 16.5. The molecule has 1 saturated heterocycles. The zero-order valence-corrected chi connectivity index (χ0v) is 18.4. The van der Waals surface area contributed by atoms with Crippen LogP contribution in [0, 0.1) is 0 Å². The van der Waals surface area contributed by atoms with E-state index in [2.05, 4.69) is 26.8 Å². The molecular weight excluding hydrogens is 418 g/mol. The summed E-state index contributed by atoms with van der Waals surface area (Å²) < 4.78 is 7.25. The van der Waals surface area contributed by atoms with E-state index in [9.17, 15) is 9.59 Å². The van der Waals surface area contributed by atoms with Crippen molar-refractivity contribution >= 4 is 40.1 Å². The number of nitrogens with zero attached hydrogens (tertiary/aromatic N) is 4. The SMILES string of the molecule is CCOC(=O)c1ccccc1NC(=O)N1CCN(c2nc3ccccc3n3cccc23)CC1. The summed E-state index contributed by atoms with van der Waals surface area (Å²) in [6.07, 6.45) is 2.05. The summed E-state index contributed by atoms with van der Waals surface area (Å²) in [5, 5.41) is 2.87. The van der Waals surface area contributed by atoms with Gasteiger partial charge in [-0.25, -0.2) is 14.6 Å². The molecular formula is C25H25N5O3. The van der Waals surface area contributed by atoms with Gasteiger partial charge < -0.3 is 24.3 Å². The number of hydrogen-bond acceptors (Lipinski definition) is 5. The number of carbonyl (C=O) groups excluding carboxylic acids is 2. The molecule has 0 saturated carbocycles. The highest BCUT2D eigenvalue weighted by molar-refractivity contribution is 6.01. The maximum Gasteiger partial charge on any atom is 0.340 e. The van der Waals surface area contributed by atoms with Gasteiger partial charge in [0.25, 0.3) is 0 Å². The quantitative estimate of drug-likeness (QED) is 0.482. The second kappa shape index (κ2) is 8.82. The van der Waals surface area contributed by atoms with Gasteiger partial charge in [-0.1, -0.05) is 24.3 Å². The number of urea groups is 1. The van der Waals surface area contributed by atoms with Crippen LogP contribution in [-0.4, -0.2) is 59.1 Å². The Morgan fingerprint density at radius 1 is 0.939 bits per heavy atom. The van der Waals surface area contributed by atoms with Gasteiger partial charge in [0, 0.05) is 32.4 Å². The van der Waals surface area contributed by atoms with Crippen molar-refractivity contribution in [3.05, 3.63) is 72.4 Å². The number of fused-ring (bicyclic) bond motifs is 3. The molecule has 168 valence electrons. The second-order valence-corrected chi connectivity index (χ2v) is 7.86. The third-order valence-corrected chi connectivity index (χ3v) is 5.88. The molecule has 1 N–H and O–H groups in total. The first-order chi connectivity index (χ1) is 16.2. The molecule has 2 amide bonds. The molecule has 0 atom stereocenters. The van der Waals surface area contributed by atoms with Crippen LogP contribution < -0.4 is 10.2 Å². The van der Waals surface area contributed by atoms with Gasteiger partial charge in [0.1, 0.15) is 0 Å². The van der Waals surface area contributed by atoms with Gasteiger partial charge in [-0.05, 0) is 43.3 Å². The van der Waals surface area contributed by atoms with Gasteiger partial charge in [-0.15, -0.1) is 0 Å². The van der Waals surface area contributed by atoms with Crippen LogP contribution in [-0.2, 0) is 4.74 Å². The van der Waals surface area contributed by atoms with Crippen LogP contribution in [0.4, 0.5) is 16.3 Å². The Labute approximate surface area is 191 Å². The number of amides is 2. The normalized spacial score (nSPS) is 14.0. The minimum Gasteiger partial charge on any atom is -0.462 e. The van der Waals surface area contributed by atoms with Crippen molar-refractivity contribution in [1.82, 2.24) is 14.3 Å². The first kappa shape index (κ1) is 20.8. The Balaban J connectivity index is 1.31. The summed E-state index contributed by atoms with van der Waals surface area (Å²) >= 11 is 0. The van der Waals surface area contributed by atoms with Crippen LogP contribution in [0.1, 0.15) is 17.3 Å². The fraction of sp³-hybridized carbons (Fsp3) is 0.240. The molecule has 0 radical (unpaired) electrons. The molecule has 1 aliphatic heterocycles. The van der Waals surface area contributed by atoms with E-state index in [-0.39, 0.29) is 12.6 Å². The van der Waals surface area contributed by atoms with Crippen molar-refractivity contribution < 1.29 is 14.3 Å². The van der Waals surface area contributed by atoms with Gasteiger partial charge in [-0.3, -0.25) is 0 Å². The zero-order valence-electron chi connectivity index (χ0n) is 18.4. The molecule has 8 nitrogen and oxygen atoms in total. The van der Waals surface area contributed by atoms with Gasteiger partial charge in [0.2, 0.25) is 0 Å². The summed E-state index contributed by atoms with van der Waals surface area (Å²) in [4.78, 5) is 34.0. The fourth-order valence-corrected chi connectivity index (χ4v) is 4.23. The second-order valence-electron chi connectivity index (χ2n) is 7.86. The van der Waals surface area contributed by atoms with Crippen molar-refractivity contribution in [3.63, 3.8) is 0 Å². The van der Waals surface area contributed by atoms with E-state index in [1.807, 2.05) is 30.5 Å². The van der Waals surface area contributed by atoms with E-state index >= 15 is 0 Å². The molecule has 33 heavy (non-hydrogen) atoms. The molecule has 8 heteroatoms. The van der Waals surface area contributed by atoms with Gasteiger partial charge in [0.15, 0.2) is 5.82 Å². The summed E-state index contributed by atoms with van der Waals surface area (Å²) in [5.41, 5.74) is 3.86. The molecule has 2 aromatic carbocycles. The standard InChI is InChI=1S/C25H25N5O3/c1-2-33-24(31)18-8-3-4-9-19(18)27-25(32)29-16-14-28(15-17-29)23-22-12-7-13-30(22)21-11-6-5-10-20(21)26-23/h3-13H,2,14-17H2,1H3,(H,27,32). The molecule has 0 aliphatic carbocycles. The summed E-state index contributed by atoms with van der Waals surface area (Å²) in [7, 11) is 0. The topological polar surface area (TPSA) is 79.2 Å². The van der Waals surface area contributed by atoms with Crippen LogP contribution >= 0.6 is 0 Å². The van der Waals surface area contributed by atoms with E-state index in [0.29, 0.717) is 37.4 Å². The summed E-state index contributed by atoms with van der Waals surface area (Å²) in [5.74, 6) is 0.475. The molecule has 0 bridgehead atoms. The largest absolute Gasteiger partial charge is 0.462 e. The van der Waals surface area contributed by atoms with Crippen molar-refractivity contribution in [2.24, 2.45) is 0 Å². The molecule has 0 spiro atoms. The van der Waals surface area contributed by atoms with E-state index in [1.165, 1.54) is 0 Å². The lowest BCUT2D eigenvalue weighted by atomic mass is 10.2. The highest BCUT2D eigenvalue weighted by Crippen LogP contribution is 2.26. The smallest absolute Gasteiger partial charge is 0.340 e. The maximum absolute atomic E-state index is 12.9. The fourth-order valence-electron chi connectivity index (χ4n) is 4.23. The Bertz CT molecular complexity index is 1320. The molecule has 1 aliphatic rings. The number of para-hydroxylation sites is 3. The predicted octanol–water partition coefficient (Wildman–Crippen LogP) is 4.02. The lowest BCUT2D eigenvalue weighted by molar-refractivity contribution is 0.0527.